The summed E-state index contributed by atoms with van der Waals surface area (Å²) in [5.41, 5.74) is 0. The van der Waals surface area contributed by atoms with Crippen LogP contribution in [0.2, 0.25) is 0 Å². The van der Waals surface area contributed by atoms with Crippen LogP contribution in [0.5, 0.6) is 0 Å². The molecular weight excluding hydrogens is 271 g/mol. The van der Waals surface area contributed by atoms with Crippen LogP contribution in [0, 0.1) is 0 Å². The van der Waals surface area contributed by atoms with Gasteiger partial charge in [-0.05, 0) is 29.7 Å². The van der Waals surface area contributed by atoms with Crippen LogP contribution in [-0.4, -0.2) is 13.2 Å². The fourth-order valence-electron chi connectivity index (χ4n) is 2.05. The van der Waals surface area contributed by atoms with Crippen LogP contribution >= 0.6 is 7.60 Å². The lowest BCUT2D eigenvalue weighted by Gasteiger charge is -2.19. The van der Waals surface area contributed by atoms with E-state index in [1.807, 2.05) is 56.3 Å². The smallest absolute Gasteiger partial charge is 0.305 e. The zero-order valence-corrected chi connectivity index (χ0v) is 12.9. The van der Waals surface area contributed by atoms with E-state index in [0.29, 0.717) is 18.5 Å². The van der Waals surface area contributed by atoms with Crippen molar-refractivity contribution in [1.82, 2.24) is 0 Å². The Labute approximate surface area is 120 Å². The number of hydrogen-bond acceptors (Lipinski definition) is 3. The van der Waals surface area contributed by atoms with E-state index in [1.165, 1.54) is 0 Å². The van der Waals surface area contributed by atoms with E-state index in [4.69, 9.17) is 9.05 Å². The van der Waals surface area contributed by atoms with Crippen LogP contribution in [0.15, 0.2) is 42.5 Å². The number of benzene rings is 2. The molecule has 0 radical (unpaired) electrons. The van der Waals surface area contributed by atoms with Gasteiger partial charge in [0.15, 0.2) is 0 Å². The highest BCUT2D eigenvalue weighted by Crippen LogP contribution is 2.48. The predicted molar refractivity (Wildman–Crippen MR) is 83.7 cm³/mol. The molecule has 0 aliphatic rings. The molecule has 0 bridgehead atoms. The molecule has 0 aliphatic heterocycles. The summed E-state index contributed by atoms with van der Waals surface area (Å²) in [5, 5.41) is 2.65. The summed E-state index contributed by atoms with van der Waals surface area (Å²) in [6.07, 6.45) is 1.62. The Morgan fingerprint density at radius 2 is 1.50 bits per heavy atom. The molecule has 0 N–H and O–H groups in total. The van der Waals surface area contributed by atoms with Gasteiger partial charge in [0.25, 0.3) is 0 Å². The molecule has 108 valence electrons. The Hall–Kier alpha value is -1.15. The van der Waals surface area contributed by atoms with Crippen LogP contribution in [0.4, 0.5) is 0 Å². The van der Waals surface area contributed by atoms with Gasteiger partial charge < -0.3 is 9.05 Å². The van der Waals surface area contributed by atoms with Gasteiger partial charge in [0, 0.05) is 0 Å². The van der Waals surface area contributed by atoms with Crippen molar-refractivity contribution in [2.24, 2.45) is 0 Å². The molecule has 2 aromatic carbocycles. The molecule has 0 saturated heterocycles. The molecule has 3 nitrogen and oxygen atoms in total. The molecule has 0 fully saturated rings. The van der Waals surface area contributed by atoms with Crippen molar-refractivity contribution in [2.45, 2.75) is 26.7 Å². The summed E-state index contributed by atoms with van der Waals surface area (Å²) in [7, 11) is -3.25. The first-order valence-corrected chi connectivity index (χ1v) is 8.63. The Morgan fingerprint density at radius 3 is 2.15 bits per heavy atom. The minimum atomic E-state index is -3.25. The van der Waals surface area contributed by atoms with Gasteiger partial charge in [0.2, 0.25) is 0 Å². The molecular formula is C16H21O3P. The van der Waals surface area contributed by atoms with Crippen molar-refractivity contribution in [3.63, 3.8) is 0 Å². The first kappa shape index (κ1) is 15.2. The second-order valence-corrected chi connectivity index (χ2v) is 6.66. The van der Waals surface area contributed by atoms with Crippen LogP contribution in [0.3, 0.4) is 0 Å². The molecule has 0 aliphatic carbocycles. The van der Waals surface area contributed by atoms with Crippen molar-refractivity contribution < 1.29 is 13.6 Å². The van der Waals surface area contributed by atoms with E-state index in [1.54, 1.807) is 0 Å². The average molecular weight is 292 g/mol. The lowest BCUT2D eigenvalue weighted by atomic mass is 10.1. The second kappa shape index (κ2) is 7.03. The Morgan fingerprint density at radius 1 is 0.900 bits per heavy atom. The first-order chi connectivity index (χ1) is 9.71. The highest BCUT2D eigenvalue weighted by molar-refractivity contribution is 7.62. The molecule has 0 spiro atoms. The van der Waals surface area contributed by atoms with Crippen LogP contribution < -0.4 is 5.30 Å². The van der Waals surface area contributed by atoms with Crippen molar-refractivity contribution in [3.05, 3.63) is 42.5 Å². The molecule has 0 amide bonds. The van der Waals surface area contributed by atoms with E-state index < -0.39 is 7.60 Å². The van der Waals surface area contributed by atoms with Gasteiger partial charge in [-0.25, -0.2) is 0 Å². The van der Waals surface area contributed by atoms with E-state index in [9.17, 15) is 4.57 Å². The van der Waals surface area contributed by atoms with Gasteiger partial charge in [-0.2, -0.15) is 0 Å². The molecule has 0 unspecified atom stereocenters. The summed E-state index contributed by atoms with van der Waals surface area (Å²) < 4.78 is 24.3. The SMILES string of the molecule is CCCOP(=O)(OCCC)c1cccc2ccccc12. The fourth-order valence-corrected chi connectivity index (χ4v) is 4.01. The predicted octanol–water partition coefficient (Wildman–Crippen LogP) is 4.51. The highest BCUT2D eigenvalue weighted by atomic mass is 31.2. The summed E-state index contributed by atoms with van der Waals surface area (Å²) in [6, 6.07) is 13.6. The van der Waals surface area contributed by atoms with E-state index in [2.05, 4.69) is 0 Å². The maximum absolute atomic E-state index is 13.1. The summed E-state index contributed by atoms with van der Waals surface area (Å²) in [6.45, 7) is 4.86. The van der Waals surface area contributed by atoms with Gasteiger partial charge in [0.05, 0.1) is 18.5 Å². The van der Waals surface area contributed by atoms with Crippen molar-refractivity contribution in [3.8, 4) is 0 Å². The van der Waals surface area contributed by atoms with Crippen LogP contribution in [-0.2, 0) is 13.6 Å². The Bertz CT molecular complexity index is 592. The third kappa shape index (κ3) is 3.29. The topological polar surface area (TPSA) is 35.5 Å². The molecule has 0 heterocycles. The third-order valence-corrected chi connectivity index (χ3v) is 5.02. The number of fused-ring (bicyclic) bond motifs is 1. The summed E-state index contributed by atoms with van der Waals surface area (Å²) in [4.78, 5) is 0. The van der Waals surface area contributed by atoms with Gasteiger partial charge in [-0.1, -0.05) is 50.2 Å². The van der Waals surface area contributed by atoms with Crippen LogP contribution in [0.1, 0.15) is 26.7 Å². The highest BCUT2D eigenvalue weighted by Gasteiger charge is 2.29. The lowest BCUT2D eigenvalue weighted by Crippen LogP contribution is -2.12. The minimum absolute atomic E-state index is 0.435. The minimum Gasteiger partial charge on any atom is -0.305 e. The molecule has 0 atom stereocenters. The molecule has 2 rings (SSSR count). The largest absolute Gasteiger partial charge is 0.361 e. The maximum atomic E-state index is 13.1. The molecule has 0 saturated carbocycles. The van der Waals surface area contributed by atoms with Gasteiger partial charge >= 0.3 is 7.60 Å². The van der Waals surface area contributed by atoms with Gasteiger partial charge in [0.1, 0.15) is 0 Å². The van der Waals surface area contributed by atoms with Crippen molar-refractivity contribution in [2.75, 3.05) is 13.2 Å². The van der Waals surface area contributed by atoms with E-state index >= 15 is 0 Å². The first-order valence-electron chi connectivity index (χ1n) is 7.08. The van der Waals surface area contributed by atoms with Crippen molar-refractivity contribution in [1.29, 1.82) is 0 Å². The molecule has 0 aromatic heterocycles. The Kier molecular flexibility index (Phi) is 5.36. The second-order valence-electron chi connectivity index (χ2n) is 4.66. The molecule has 20 heavy (non-hydrogen) atoms. The number of hydrogen-bond donors (Lipinski definition) is 0. The van der Waals surface area contributed by atoms with E-state index in [-0.39, 0.29) is 0 Å². The normalized spacial score (nSPS) is 11.9. The Balaban J connectivity index is 2.47. The quantitative estimate of drug-likeness (QED) is 0.704. The zero-order chi connectivity index (χ0) is 14.4. The number of rotatable bonds is 7. The van der Waals surface area contributed by atoms with Gasteiger partial charge in [-0.15, -0.1) is 0 Å². The van der Waals surface area contributed by atoms with E-state index in [0.717, 1.165) is 23.6 Å². The monoisotopic (exact) mass is 292 g/mol. The lowest BCUT2D eigenvalue weighted by molar-refractivity contribution is 0.214. The van der Waals surface area contributed by atoms with Crippen LogP contribution in [0.25, 0.3) is 10.8 Å². The maximum Gasteiger partial charge on any atom is 0.361 e. The average Bonchev–Trinajstić information content (AvgIpc) is 2.50. The standard InChI is InChI=1S/C16H21O3P/c1-3-12-18-20(17,19-13-4-2)16-11-7-9-14-8-5-6-10-15(14)16/h5-11H,3-4,12-13H2,1-2H3. The molecule has 2 aromatic rings. The third-order valence-electron chi connectivity index (χ3n) is 2.99. The summed E-state index contributed by atoms with van der Waals surface area (Å²) >= 11 is 0. The van der Waals surface area contributed by atoms with Crippen molar-refractivity contribution >= 4 is 23.7 Å². The van der Waals surface area contributed by atoms with Gasteiger partial charge in [-0.3, -0.25) is 4.57 Å². The fraction of sp³-hybridized carbons (Fsp3) is 0.375. The summed E-state index contributed by atoms with van der Waals surface area (Å²) in [5.74, 6) is 0. The molecule has 4 heteroatoms. The zero-order valence-electron chi connectivity index (χ0n) is 12.0.